The van der Waals surface area contributed by atoms with Crippen LogP contribution in [0, 0.1) is 12.8 Å². The van der Waals surface area contributed by atoms with Crippen LogP contribution in [0.3, 0.4) is 0 Å². The predicted molar refractivity (Wildman–Crippen MR) is 97.1 cm³/mol. The summed E-state index contributed by atoms with van der Waals surface area (Å²) < 4.78 is 5.05. The molecule has 0 unspecified atom stereocenters. The van der Waals surface area contributed by atoms with E-state index in [-0.39, 0.29) is 11.8 Å². The largest absolute Gasteiger partial charge is 0.340 e. The number of nitrogens with zero attached hydrogens (tertiary/aromatic N) is 4. The molecule has 6 nitrogen and oxygen atoms in total. The first-order chi connectivity index (χ1) is 12.7. The van der Waals surface area contributed by atoms with E-state index in [1.165, 1.54) is 12.0 Å². The molecule has 0 radical (unpaired) electrons. The summed E-state index contributed by atoms with van der Waals surface area (Å²) in [5.74, 6) is 1.40. The van der Waals surface area contributed by atoms with Crippen LogP contribution in [-0.2, 0) is 11.3 Å². The molecule has 0 bridgehead atoms. The van der Waals surface area contributed by atoms with Gasteiger partial charge in [0.1, 0.15) is 0 Å². The van der Waals surface area contributed by atoms with Crippen molar-refractivity contribution in [3.05, 3.63) is 47.6 Å². The third-order valence-electron chi connectivity index (χ3n) is 5.78. The van der Waals surface area contributed by atoms with Crippen molar-refractivity contribution >= 4 is 5.91 Å². The fourth-order valence-corrected chi connectivity index (χ4v) is 4.59. The van der Waals surface area contributed by atoms with Crippen molar-refractivity contribution < 1.29 is 9.32 Å². The number of aromatic nitrogens is 2. The van der Waals surface area contributed by atoms with E-state index in [0.717, 1.165) is 19.4 Å². The number of benzene rings is 1. The van der Waals surface area contributed by atoms with Crippen molar-refractivity contribution in [2.75, 3.05) is 13.1 Å². The van der Waals surface area contributed by atoms with E-state index in [1.807, 2.05) is 17.9 Å². The van der Waals surface area contributed by atoms with Gasteiger partial charge in [0.2, 0.25) is 11.8 Å². The molecule has 0 spiro atoms. The van der Waals surface area contributed by atoms with E-state index in [9.17, 15) is 4.79 Å². The van der Waals surface area contributed by atoms with Gasteiger partial charge in [0.25, 0.3) is 0 Å². The molecule has 2 aromatic rings. The summed E-state index contributed by atoms with van der Waals surface area (Å²) in [7, 11) is 0. The molecule has 2 aliphatic rings. The van der Waals surface area contributed by atoms with Crippen molar-refractivity contribution in [3.63, 3.8) is 0 Å². The van der Waals surface area contributed by atoms with Gasteiger partial charge in [0.05, 0.1) is 12.5 Å². The maximum atomic E-state index is 13.3. The van der Waals surface area contributed by atoms with Gasteiger partial charge in [-0.3, -0.25) is 9.69 Å². The zero-order valence-electron chi connectivity index (χ0n) is 15.5. The maximum absolute atomic E-state index is 13.3. The highest BCUT2D eigenvalue weighted by Gasteiger charge is 2.48. The van der Waals surface area contributed by atoms with Crippen molar-refractivity contribution in [1.29, 1.82) is 0 Å². The average Bonchev–Trinajstić information content (AvgIpc) is 3.36. The van der Waals surface area contributed by atoms with Gasteiger partial charge in [-0.2, -0.15) is 4.98 Å². The van der Waals surface area contributed by atoms with Crippen molar-refractivity contribution in [3.8, 4) is 0 Å². The Hall–Kier alpha value is -2.21. The van der Waals surface area contributed by atoms with Crippen molar-refractivity contribution in [1.82, 2.24) is 19.9 Å². The topological polar surface area (TPSA) is 62.5 Å². The van der Waals surface area contributed by atoms with Crippen LogP contribution in [-0.4, -0.2) is 45.0 Å². The first-order valence-corrected chi connectivity index (χ1v) is 9.56. The highest BCUT2D eigenvalue weighted by Crippen LogP contribution is 2.45. The molecule has 2 saturated heterocycles. The Morgan fingerprint density at radius 3 is 2.85 bits per heavy atom. The van der Waals surface area contributed by atoms with Crippen LogP contribution >= 0.6 is 0 Å². The molecule has 138 valence electrons. The summed E-state index contributed by atoms with van der Waals surface area (Å²) in [6.45, 7) is 5.95. The fraction of sp³-hybridized carbons (Fsp3) is 0.550. The highest BCUT2D eigenvalue weighted by atomic mass is 16.5. The zero-order chi connectivity index (χ0) is 18.1. The van der Waals surface area contributed by atoms with E-state index < -0.39 is 0 Å². The Balaban J connectivity index is 1.53. The molecule has 6 heteroatoms. The predicted octanol–water partition coefficient (Wildman–Crippen LogP) is 2.95. The summed E-state index contributed by atoms with van der Waals surface area (Å²) >= 11 is 0. The van der Waals surface area contributed by atoms with Gasteiger partial charge in [-0.15, -0.1) is 0 Å². The van der Waals surface area contributed by atoms with Gasteiger partial charge >= 0.3 is 0 Å². The lowest BCUT2D eigenvalue weighted by Gasteiger charge is -2.27. The lowest BCUT2D eigenvalue weighted by Crippen LogP contribution is -2.40. The van der Waals surface area contributed by atoms with Crippen LogP contribution in [0.1, 0.15) is 49.5 Å². The van der Waals surface area contributed by atoms with Crippen LogP contribution in [0.5, 0.6) is 0 Å². The smallest absolute Gasteiger partial charge is 0.227 e. The van der Waals surface area contributed by atoms with Crippen LogP contribution in [0.15, 0.2) is 34.9 Å². The van der Waals surface area contributed by atoms with E-state index in [0.29, 0.717) is 36.9 Å². The average molecular weight is 354 g/mol. The molecular formula is C20H26N4O2. The maximum Gasteiger partial charge on any atom is 0.227 e. The molecule has 1 aromatic heterocycles. The van der Waals surface area contributed by atoms with Crippen LogP contribution in [0.2, 0.25) is 0 Å². The van der Waals surface area contributed by atoms with Gasteiger partial charge < -0.3 is 9.42 Å². The standard InChI is InChI=1S/C20H26N4O2/c1-3-23(13-19-21-14(2)26-22-19)20(25)16-12-18(15-8-5-4-6-9-15)24-11-7-10-17(16)24/h4-6,8-9,16-18H,3,7,10-13H2,1-2H3/t16-,17+,18-/m0/s1. The summed E-state index contributed by atoms with van der Waals surface area (Å²) in [5.41, 5.74) is 1.33. The number of hydrogen-bond acceptors (Lipinski definition) is 5. The summed E-state index contributed by atoms with van der Waals surface area (Å²) in [6.07, 6.45) is 3.18. The van der Waals surface area contributed by atoms with Crippen LogP contribution in [0.4, 0.5) is 0 Å². The molecule has 1 amide bonds. The van der Waals surface area contributed by atoms with Gasteiger partial charge in [-0.1, -0.05) is 35.5 Å². The quantitative estimate of drug-likeness (QED) is 0.826. The van der Waals surface area contributed by atoms with E-state index in [2.05, 4.69) is 39.3 Å². The van der Waals surface area contributed by atoms with Crippen LogP contribution < -0.4 is 0 Å². The molecule has 1 aromatic carbocycles. The molecule has 2 fully saturated rings. The number of hydrogen-bond donors (Lipinski definition) is 0. The molecule has 26 heavy (non-hydrogen) atoms. The number of rotatable bonds is 5. The van der Waals surface area contributed by atoms with Crippen molar-refractivity contribution in [2.24, 2.45) is 5.92 Å². The Morgan fingerprint density at radius 2 is 2.15 bits per heavy atom. The second-order valence-corrected chi connectivity index (χ2v) is 7.30. The zero-order valence-corrected chi connectivity index (χ0v) is 15.5. The molecule has 3 atom stereocenters. The minimum atomic E-state index is 0.0515. The SMILES string of the molecule is CCN(Cc1noc(C)n1)C(=O)[C@H]1C[C@@H](c2ccccc2)N2CCC[C@H]12. The summed E-state index contributed by atoms with van der Waals surface area (Å²) in [5, 5.41) is 3.95. The molecule has 2 aliphatic heterocycles. The number of carbonyl (C=O) groups excluding carboxylic acids is 1. The van der Waals surface area contributed by atoms with Crippen LogP contribution in [0.25, 0.3) is 0 Å². The summed E-state index contributed by atoms with van der Waals surface area (Å²) in [6, 6.07) is 11.3. The number of amides is 1. The Bertz CT molecular complexity index is 760. The lowest BCUT2D eigenvalue weighted by molar-refractivity contribution is -0.136. The fourth-order valence-electron chi connectivity index (χ4n) is 4.59. The summed E-state index contributed by atoms with van der Waals surface area (Å²) in [4.78, 5) is 22.0. The minimum Gasteiger partial charge on any atom is -0.340 e. The normalized spacial score (nSPS) is 25.4. The van der Waals surface area contributed by atoms with E-state index in [1.54, 1.807) is 6.92 Å². The number of fused-ring (bicyclic) bond motifs is 1. The lowest BCUT2D eigenvalue weighted by atomic mass is 9.93. The number of carbonyl (C=O) groups is 1. The second kappa shape index (κ2) is 7.19. The third-order valence-corrected chi connectivity index (χ3v) is 5.78. The third kappa shape index (κ3) is 3.14. The highest BCUT2D eigenvalue weighted by molar-refractivity contribution is 5.80. The molecule has 0 N–H and O–H groups in total. The van der Waals surface area contributed by atoms with Gasteiger partial charge in [0.15, 0.2) is 5.82 Å². The molecular weight excluding hydrogens is 328 g/mol. The van der Waals surface area contributed by atoms with Crippen molar-refractivity contribution in [2.45, 2.75) is 51.7 Å². The Morgan fingerprint density at radius 1 is 1.35 bits per heavy atom. The number of aryl methyl sites for hydroxylation is 1. The monoisotopic (exact) mass is 354 g/mol. The minimum absolute atomic E-state index is 0.0515. The Kier molecular flexibility index (Phi) is 4.76. The van der Waals surface area contributed by atoms with E-state index >= 15 is 0 Å². The van der Waals surface area contributed by atoms with E-state index in [4.69, 9.17) is 4.52 Å². The molecule has 4 rings (SSSR count). The van der Waals surface area contributed by atoms with Gasteiger partial charge in [-0.05, 0) is 38.3 Å². The van der Waals surface area contributed by atoms with Gasteiger partial charge in [-0.25, -0.2) is 0 Å². The second-order valence-electron chi connectivity index (χ2n) is 7.30. The molecule has 0 saturated carbocycles. The molecule has 3 heterocycles. The first kappa shape index (κ1) is 17.2. The van der Waals surface area contributed by atoms with Gasteiger partial charge in [0, 0.05) is 25.6 Å². The first-order valence-electron chi connectivity index (χ1n) is 9.56. The molecule has 0 aliphatic carbocycles. The Labute approximate surface area is 154 Å².